The Morgan fingerprint density at radius 3 is 2.05 bits per heavy atom. The minimum atomic E-state index is -4.65. The number of phosphoric acid groups is 1. The van der Waals surface area contributed by atoms with Crippen molar-refractivity contribution in [3.8, 4) is 29.4 Å². The van der Waals surface area contributed by atoms with Crippen molar-refractivity contribution >= 4 is 19.2 Å². The van der Waals surface area contributed by atoms with E-state index < -0.39 is 32.2 Å². The molecule has 1 aliphatic rings. The number of nitrogens with zero attached hydrogens (tertiary/aromatic N) is 5. The molecule has 1 aromatic carbocycles. The van der Waals surface area contributed by atoms with Crippen LogP contribution in [-0.4, -0.2) is 58.6 Å². The minimum absolute atomic E-state index is 0.229. The van der Waals surface area contributed by atoms with Gasteiger partial charge in [0.15, 0.2) is 11.4 Å². The summed E-state index contributed by atoms with van der Waals surface area (Å²) in [5.41, 5.74) is 6.01. The minimum Gasteiger partial charge on any atom is -0.495 e. The molecule has 3 heterocycles. The molecular weight excluding hydrogens is 747 g/mol. The van der Waals surface area contributed by atoms with Crippen molar-refractivity contribution < 1.29 is 37.5 Å². The number of anilines is 1. The summed E-state index contributed by atoms with van der Waals surface area (Å²) in [6.45, 7) is 1.51. The smallest absolute Gasteiger partial charge is 0.472 e. The lowest BCUT2D eigenvalue weighted by Gasteiger charge is -2.24. The summed E-state index contributed by atoms with van der Waals surface area (Å²) in [5, 5.41) is 24.0. The zero-order valence-corrected chi connectivity index (χ0v) is 35.1. The first-order chi connectivity index (χ1) is 27.7. The summed E-state index contributed by atoms with van der Waals surface area (Å²) < 4.78 is 48.9. The molecule has 3 aromatic rings. The Hall–Kier alpha value is -3.91. The zero-order valence-electron chi connectivity index (χ0n) is 34.2. The molecule has 3 N–H and O–H groups in total. The molecule has 15 heteroatoms. The largest absolute Gasteiger partial charge is 0.495 e. The Labute approximate surface area is 338 Å². The van der Waals surface area contributed by atoms with Gasteiger partial charge in [-0.15, -0.1) is 0 Å². The number of rotatable bonds is 29. The molecule has 1 fully saturated rings. The van der Waals surface area contributed by atoms with E-state index in [0.717, 1.165) is 25.7 Å². The predicted molar refractivity (Wildman–Crippen MR) is 218 cm³/mol. The molecule has 1 saturated heterocycles. The molecule has 2 aromatic heterocycles. The lowest BCUT2D eigenvalue weighted by atomic mass is 10.0. The second-order valence-corrected chi connectivity index (χ2v) is 16.4. The fourth-order valence-corrected chi connectivity index (χ4v) is 8.13. The molecule has 1 unspecified atom stereocenters. The van der Waals surface area contributed by atoms with Gasteiger partial charge in [0.25, 0.3) is 0 Å². The number of methoxy groups -OCH3 is 2. The van der Waals surface area contributed by atoms with E-state index in [-0.39, 0.29) is 30.1 Å². The molecule has 0 aliphatic carbocycles. The molecule has 4 atom stereocenters. The van der Waals surface area contributed by atoms with Crippen LogP contribution in [0.3, 0.4) is 0 Å². The van der Waals surface area contributed by atoms with Crippen molar-refractivity contribution in [3.05, 3.63) is 41.9 Å². The summed E-state index contributed by atoms with van der Waals surface area (Å²) in [6, 6.07) is 11.0. The Morgan fingerprint density at radius 2 is 1.51 bits per heavy atom. The highest BCUT2D eigenvalue weighted by Crippen LogP contribution is 2.48. The van der Waals surface area contributed by atoms with E-state index in [2.05, 4.69) is 29.1 Å². The maximum atomic E-state index is 13.2. The van der Waals surface area contributed by atoms with Crippen LogP contribution in [0.2, 0.25) is 0 Å². The first-order valence-electron chi connectivity index (χ1n) is 20.8. The van der Waals surface area contributed by atoms with Gasteiger partial charge in [0, 0.05) is 12.1 Å². The van der Waals surface area contributed by atoms with Gasteiger partial charge in [-0.1, -0.05) is 110 Å². The highest BCUT2D eigenvalue weighted by molar-refractivity contribution is 7.47. The second kappa shape index (κ2) is 24.1. The van der Waals surface area contributed by atoms with Gasteiger partial charge >= 0.3 is 7.82 Å². The van der Waals surface area contributed by atoms with Gasteiger partial charge in [-0.25, -0.2) is 14.1 Å². The summed E-state index contributed by atoms with van der Waals surface area (Å²) in [7, 11) is -1.75. The number of fused-ring (bicyclic) bond motifs is 1. The number of nitrogen functional groups attached to an aromatic ring is 1. The highest BCUT2D eigenvalue weighted by Gasteiger charge is 2.44. The number of nitriles is 2. The van der Waals surface area contributed by atoms with Gasteiger partial charge < -0.3 is 29.6 Å². The molecule has 314 valence electrons. The number of phosphoric ester groups is 1. The Balaban J connectivity index is 1.24. The third kappa shape index (κ3) is 14.5. The molecule has 4 rings (SSSR count). The van der Waals surface area contributed by atoms with E-state index in [4.69, 9.17) is 33.7 Å². The average molecular weight is 811 g/mol. The monoisotopic (exact) mass is 810 g/mol. The normalized spacial score (nSPS) is 18.2. The van der Waals surface area contributed by atoms with Crippen molar-refractivity contribution in [3.63, 3.8) is 0 Å². The van der Waals surface area contributed by atoms with Crippen LogP contribution < -0.4 is 19.9 Å². The number of nitrogens with two attached hydrogens (primary N) is 1. The van der Waals surface area contributed by atoms with Crippen LogP contribution in [0.1, 0.15) is 153 Å². The molecule has 0 bridgehead atoms. The molecule has 1 aliphatic heterocycles. The fraction of sp³-hybridized carbons (Fsp3) is 0.667. The molecule has 0 saturated carbocycles. The number of hydrogen-bond donors (Lipinski definition) is 2. The molecule has 57 heavy (non-hydrogen) atoms. The molecule has 0 radical (unpaired) electrons. The van der Waals surface area contributed by atoms with Crippen molar-refractivity contribution in [2.75, 3.05) is 33.2 Å². The fourth-order valence-electron chi connectivity index (χ4n) is 7.33. The van der Waals surface area contributed by atoms with Crippen LogP contribution in [0, 0.1) is 22.7 Å². The molecule has 14 nitrogen and oxygen atoms in total. The van der Waals surface area contributed by atoms with Crippen LogP contribution >= 0.6 is 7.82 Å². The SMILES string of the molecule is CCCCCCCCCCCCCCCCCCC[C@H](COP(=O)(O)OC[C@]1(C#N)CC[C@H](c2ccc3c(N)ncnn23)O1)Oc1cc(OC)c(C#N)c(OC)c1. The van der Waals surface area contributed by atoms with Crippen molar-refractivity contribution in [1.82, 2.24) is 14.6 Å². The summed E-state index contributed by atoms with van der Waals surface area (Å²) in [5.74, 6) is 1.23. The van der Waals surface area contributed by atoms with Gasteiger partial charge in [0.2, 0.25) is 0 Å². The second-order valence-electron chi connectivity index (χ2n) is 15.0. The van der Waals surface area contributed by atoms with Gasteiger partial charge in [-0.2, -0.15) is 15.6 Å². The van der Waals surface area contributed by atoms with Crippen molar-refractivity contribution in [2.45, 2.75) is 153 Å². The average Bonchev–Trinajstić information content (AvgIpc) is 3.86. The van der Waals surface area contributed by atoms with E-state index in [0.29, 0.717) is 35.6 Å². The van der Waals surface area contributed by atoms with E-state index in [1.54, 1.807) is 28.8 Å². The van der Waals surface area contributed by atoms with Gasteiger partial charge in [0.1, 0.15) is 65.6 Å². The summed E-state index contributed by atoms with van der Waals surface area (Å²) in [4.78, 5) is 14.8. The maximum Gasteiger partial charge on any atom is 0.472 e. The lowest BCUT2D eigenvalue weighted by molar-refractivity contribution is -0.0410. The van der Waals surface area contributed by atoms with Gasteiger partial charge in [-0.05, 0) is 37.8 Å². The quantitative estimate of drug-likeness (QED) is 0.0497. The first-order valence-corrected chi connectivity index (χ1v) is 22.3. The van der Waals surface area contributed by atoms with E-state index >= 15 is 0 Å². The van der Waals surface area contributed by atoms with Crippen molar-refractivity contribution in [1.29, 1.82) is 10.5 Å². The Bertz CT molecular complexity index is 1770. The Morgan fingerprint density at radius 1 is 0.930 bits per heavy atom. The van der Waals surface area contributed by atoms with Crippen LogP contribution in [0.15, 0.2) is 30.6 Å². The molecular formula is C42H63N6O8P. The van der Waals surface area contributed by atoms with Crippen molar-refractivity contribution in [2.24, 2.45) is 0 Å². The number of aromatic nitrogens is 3. The zero-order chi connectivity index (χ0) is 40.9. The van der Waals surface area contributed by atoms with Crippen LogP contribution in [0.5, 0.6) is 17.2 Å². The third-order valence-corrected chi connectivity index (χ3v) is 11.6. The van der Waals surface area contributed by atoms with Gasteiger partial charge in [-0.3, -0.25) is 9.05 Å². The van der Waals surface area contributed by atoms with E-state index in [9.17, 15) is 20.0 Å². The van der Waals surface area contributed by atoms with Crippen LogP contribution in [0.4, 0.5) is 5.82 Å². The maximum absolute atomic E-state index is 13.2. The number of benzene rings is 1. The summed E-state index contributed by atoms with van der Waals surface area (Å²) >= 11 is 0. The molecule has 0 amide bonds. The number of unbranched alkanes of at least 4 members (excludes halogenated alkanes) is 16. The van der Waals surface area contributed by atoms with Crippen LogP contribution in [-0.2, 0) is 18.3 Å². The number of ether oxygens (including phenoxy) is 4. The van der Waals surface area contributed by atoms with E-state index in [1.807, 2.05) is 0 Å². The van der Waals surface area contributed by atoms with Gasteiger partial charge in [0.05, 0.1) is 26.5 Å². The van der Waals surface area contributed by atoms with E-state index in [1.165, 1.54) is 104 Å². The third-order valence-electron chi connectivity index (χ3n) is 10.6. The standard InChI is InChI=1S/C42H63N6O8P/c1-4-5-6-7-8-9-10-11-12-13-14-15-16-17-18-19-20-21-33(55-34-26-39(51-2)35(28-43)40(27-34)52-3)29-53-57(49,50)54-31-42(30-44)25-24-38(56-42)36-22-23-37-41(45)46-32-47-48(36)37/h22-23,26-27,32-33,38H,4-21,24-25,29,31H2,1-3H3,(H,49,50)(H2,45,46,47)/t33-,38-,42-/m1/s1. The van der Waals surface area contributed by atoms with Crippen LogP contribution in [0.25, 0.3) is 5.52 Å². The first kappa shape index (κ1) is 45.8. The Kier molecular flexibility index (Phi) is 19.4. The number of hydrogen-bond acceptors (Lipinski definition) is 12. The lowest BCUT2D eigenvalue weighted by Crippen LogP contribution is -2.32. The predicted octanol–water partition coefficient (Wildman–Crippen LogP) is 9.94. The summed E-state index contributed by atoms with van der Waals surface area (Å²) in [6.07, 6.45) is 22.8. The molecule has 0 spiro atoms. The topological polar surface area (TPSA) is 196 Å². The highest BCUT2D eigenvalue weighted by atomic mass is 31.2.